The molecule has 4 atom stereocenters. The summed E-state index contributed by atoms with van der Waals surface area (Å²) in [6.07, 6.45) is 2.89. The van der Waals surface area contributed by atoms with Gasteiger partial charge in [0.15, 0.2) is 6.61 Å². The number of rotatable bonds is 6. The van der Waals surface area contributed by atoms with Crippen LogP contribution in [0.5, 0.6) is 0 Å². The summed E-state index contributed by atoms with van der Waals surface area (Å²) in [6.45, 7) is -0.429. The number of benzene rings is 1. The summed E-state index contributed by atoms with van der Waals surface area (Å²) in [6, 6.07) is 6.61. The molecule has 7 nitrogen and oxygen atoms in total. The van der Waals surface area contributed by atoms with Crippen LogP contribution in [0.15, 0.2) is 24.3 Å². The molecule has 0 aromatic heterocycles. The standard InChI is InChI=1S/C20H21ClN2O5/c21-13-2-1-3-14(9-13)22-15(24)10-28-16(25)6-7-23-19(26)17-11-4-5-12(8-11)18(17)20(23)27/h1-3,9,11-12,17-18H,4-8,10H2,(H,22,24)/t11-,12-,17-,18+/m0/s1. The van der Waals surface area contributed by atoms with Crippen LogP contribution in [0.3, 0.4) is 0 Å². The summed E-state index contributed by atoms with van der Waals surface area (Å²) in [4.78, 5) is 50.2. The van der Waals surface area contributed by atoms with Crippen LogP contribution in [-0.4, -0.2) is 41.7 Å². The number of carbonyl (C=O) groups is 4. The lowest BCUT2D eigenvalue weighted by Crippen LogP contribution is -2.35. The van der Waals surface area contributed by atoms with Gasteiger partial charge in [-0.2, -0.15) is 0 Å². The van der Waals surface area contributed by atoms with Gasteiger partial charge in [0.25, 0.3) is 5.91 Å². The minimum atomic E-state index is -0.623. The van der Waals surface area contributed by atoms with Crippen LogP contribution in [-0.2, 0) is 23.9 Å². The Balaban J connectivity index is 1.23. The summed E-state index contributed by atoms with van der Waals surface area (Å²) >= 11 is 5.84. The van der Waals surface area contributed by atoms with Gasteiger partial charge in [-0.25, -0.2) is 0 Å². The predicted octanol–water partition coefficient (Wildman–Crippen LogP) is 2.24. The highest BCUT2D eigenvalue weighted by Crippen LogP contribution is 2.56. The van der Waals surface area contributed by atoms with Crippen LogP contribution < -0.4 is 5.32 Å². The van der Waals surface area contributed by atoms with E-state index in [0.29, 0.717) is 22.5 Å². The third-order valence-corrected chi connectivity index (χ3v) is 6.27. The van der Waals surface area contributed by atoms with Crippen molar-refractivity contribution in [2.45, 2.75) is 25.7 Å². The van der Waals surface area contributed by atoms with Crippen LogP contribution >= 0.6 is 11.6 Å². The minimum absolute atomic E-state index is 0.0128. The number of esters is 1. The van der Waals surface area contributed by atoms with Gasteiger partial charge >= 0.3 is 5.97 Å². The normalized spacial score (nSPS) is 27.8. The van der Waals surface area contributed by atoms with Gasteiger partial charge in [-0.15, -0.1) is 0 Å². The first kappa shape index (κ1) is 18.9. The van der Waals surface area contributed by atoms with E-state index in [1.807, 2.05) is 0 Å². The molecule has 2 saturated carbocycles. The Kier molecular flexibility index (Phi) is 5.10. The third kappa shape index (κ3) is 3.51. The predicted molar refractivity (Wildman–Crippen MR) is 100 cm³/mol. The fourth-order valence-corrected chi connectivity index (χ4v) is 5.07. The van der Waals surface area contributed by atoms with Crippen molar-refractivity contribution in [1.82, 2.24) is 4.90 Å². The van der Waals surface area contributed by atoms with Crippen molar-refractivity contribution in [3.63, 3.8) is 0 Å². The average molecular weight is 405 g/mol. The van der Waals surface area contributed by atoms with Crippen molar-refractivity contribution in [3.05, 3.63) is 29.3 Å². The van der Waals surface area contributed by atoms with Crippen LogP contribution in [0, 0.1) is 23.7 Å². The van der Waals surface area contributed by atoms with Gasteiger partial charge < -0.3 is 10.1 Å². The molecule has 0 unspecified atom stereocenters. The molecular formula is C20H21ClN2O5. The van der Waals surface area contributed by atoms with E-state index in [2.05, 4.69) is 5.32 Å². The lowest BCUT2D eigenvalue weighted by atomic mass is 9.81. The molecule has 2 bridgehead atoms. The Labute approximate surface area is 167 Å². The molecule has 8 heteroatoms. The Hall–Kier alpha value is -2.41. The van der Waals surface area contributed by atoms with E-state index in [4.69, 9.17) is 16.3 Å². The number of anilines is 1. The van der Waals surface area contributed by atoms with Crippen molar-refractivity contribution in [1.29, 1.82) is 0 Å². The second kappa shape index (κ2) is 7.54. The Morgan fingerprint density at radius 2 is 1.82 bits per heavy atom. The monoisotopic (exact) mass is 404 g/mol. The van der Waals surface area contributed by atoms with Gasteiger partial charge in [-0.1, -0.05) is 17.7 Å². The highest BCUT2D eigenvalue weighted by Gasteiger charge is 2.60. The maximum Gasteiger partial charge on any atom is 0.308 e. The highest BCUT2D eigenvalue weighted by atomic mass is 35.5. The van der Waals surface area contributed by atoms with E-state index in [1.54, 1.807) is 24.3 Å². The zero-order valence-corrected chi connectivity index (χ0v) is 16.0. The van der Waals surface area contributed by atoms with Crippen LogP contribution in [0.1, 0.15) is 25.7 Å². The van der Waals surface area contributed by atoms with Crippen molar-refractivity contribution in [3.8, 4) is 0 Å². The number of likely N-dealkylation sites (tertiary alicyclic amines) is 1. The lowest BCUT2D eigenvalue weighted by Gasteiger charge is -2.19. The quantitative estimate of drug-likeness (QED) is 0.579. The van der Waals surface area contributed by atoms with Crippen LogP contribution in [0.25, 0.3) is 0 Å². The summed E-state index contributed by atoms with van der Waals surface area (Å²) in [5, 5.41) is 3.05. The zero-order chi connectivity index (χ0) is 19.8. The molecule has 1 saturated heterocycles. The van der Waals surface area contributed by atoms with Gasteiger partial charge in [0.05, 0.1) is 18.3 Å². The third-order valence-electron chi connectivity index (χ3n) is 6.03. The number of hydrogen-bond acceptors (Lipinski definition) is 5. The Bertz CT molecular complexity index is 814. The largest absolute Gasteiger partial charge is 0.456 e. The van der Waals surface area contributed by atoms with Crippen LogP contribution in [0.2, 0.25) is 5.02 Å². The van der Waals surface area contributed by atoms with Crippen molar-refractivity contribution >= 4 is 41.0 Å². The molecule has 148 valence electrons. The molecular weight excluding hydrogens is 384 g/mol. The van der Waals surface area contributed by atoms with Gasteiger partial charge in [-0.3, -0.25) is 24.1 Å². The summed E-state index contributed by atoms with van der Waals surface area (Å²) in [7, 11) is 0. The number of carbonyl (C=O) groups excluding carboxylic acids is 4. The van der Waals surface area contributed by atoms with Crippen LogP contribution in [0.4, 0.5) is 5.69 Å². The smallest absolute Gasteiger partial charge is 0.308 e. The van der Waals surface area contributed by atoms with E-state index in [1.165, 1.54) is 4.90 Å². The lowest BCUT2D eigenvalue weighted by molar-refractivity contribution is -0.149. The maximum absolute atomic E-state index is 12.6. The minimum Gasteiger partial charge on any atom is -0.456 e. The van der Waals surface area contributed by atoms with Gasteiger partial charge in [0.1, 0.15) is 0 Å². The maximum atomic E-state index is 12.6. The fraction of sp³-hybridized carbons (Fsp3) is 0.500. The van der Waals surface area contributed by atoms with E-state index < -0.39 is 18.5 Å². The number of nitrogens with one attached hydrogen (secondary N) is 1. The second-order valence-corrected chi connectivity index (χ2v) is 8.12. The Morgan fingerprint density at radius 3 is 2.46 bits per heavy atom. The molecule has 4 rings (SSSR count). The SMILES string of the molecule is O=C(COC(=O)CCN1C(=O)[C@@H]2[C@H]3CC[C@@H](C3)[C@@H]2C1=O)Nc1cccc(Cl)c1. The first-order chi connectivity index (χ1) is 13.4. The molecule has 1 aromatic carbocycles. The molecule has 3 fully saturated rings. The van der Waals surface area contributed by atoms with E-state index >= 15 is 0 Å². The van der Waals surface area contributed by atoms with Crippen molar-refractivity contribution in [2.75, 3.05) is 18.5 Å². The second-order valence-electron chi connectivity index (χ2n) is 7.68. The number of ether oxygens (including phenoxy) is 1. The molecule has 0 spiro atoms. The van der Waals surface area contributed by atoms with E-state index in [9.17, 15) is 19.2 Å². The number of fused-ring (bicyclic) bond motifs is 5. The van der Waals surface area contributed by atoms with E-state index in [-0.39, 0.29) is 36.6 Å². The fourth-order valence-electron chi connectivity index (χ4n) is 4.88. The molecule has 1 aliphatic heterocycles. The molecule has 0 radical (unpaired) electrons. The Morgan fingerprint density at radius 1 is 1.14 bits per heavy atom. The summed E-state index contributed by atoms with van der Waals surface area (Å²) < 4.78 is 4.95. The summed E-state index contributed by atoms with van der Waals surface area (Å²) in [5.41, 5.74) is 0.503. The van der Waals surface area contributed by atoms with Gasteiger partial charge in [-0.05, 0) is 49.3 Å². The number of amides is 3. The molecule has 28 heavy (non-hydrogen) atoms. The first-order valence-electron chi connectivity index (χ1n) is 9.50. The molecule has 1 heterocycles. The molecule has 1 aromatic rings. The van der Waals surface area contributed by atoms with Crippen molar-refractivity contribution in [2.24, 2.45) is 23.7 Å². The molecule has 1 N–H and O–H groups in total. The van der Waals surface area contributed by atoms with E-state index in [0.717, 1.165) is 19.3 Å². The highest BCUT2D eigenvalue weighted by molar-refractivity contribution is 6.30. The van der Waals surface area contributed by atoms with Gasteiger partial charge in [0, 0.05) is 17.3 Å². The number of halogens is 1. The number of hydrogen-bond donors (Lipinski definition) is 1. The number of imide groups is 1. The topological polar surface area (TPSA) is 92.8 Å². The molecule has 3 amide bonds. The average Bonchev–Trinajstić information content (AvgIpc) is 3.33. The summed E-state index contributed by atoms with van der Waals surface area (Å²) in [5.74, 6) is -1.15. The van der Waals surface area contributed by atoms with Crippen molar-refractivity contribution < 1.29 is 23.9 Å². The number of nitrogens with zero attached hydrogens (tertiary/aromatic N) is 1. The zero-order valence-electron chi connectivity index (χ0n) is 15.2. The molecule has 2 aliphatic carbocycles. The molecule has 3 aliphatic rings. The van der Waals surface area contributed by atoms with Gasteiger partial charge in [0.2, 0.25) is 11.8 Å². The first-order valence-corrected chi connectivity index (χ1v) is 9.88.